The first-order valence-corrected chi connectivity index (χ1v) is 9.95. The molecule has 9 nitrogen and oxygen atoms in total. The lowest BCUT2D eigenvalue weighted by molar-refractivity contribution is -0.138. The predicted octanol–water partition coefficient (Wildman–Crippen LogP) is 3.98. The number of esters is 1. The lowest BCUT2D eigenvalue weighted by Gasteiger charge is -2.09. The van der Waals surface area contributed by atoms with Crippen molar-refractivity contribution >= 4 is 35.0 Å². The molecule has 0 aliphatic carbocycles. The van der Waals surface area contributed by atoms with Crippen molar-refractivity contribution in [3.63, 3.8) is 0 Å². The van der Waals surface area contributed by atoms with E-state index in [2.05, 4.69) is 20.5 Å². The molecule has 0 spiro atoms. The zero-order chi connectivity index (χ0) is 21.9. The highest BCUT2D eigenvalue weighted by molar-refractivity contribution is 6.30. The second kappa shape index (κ2) is 8.48. The smallest absolute Gasteiger partial charge is 0.357 e. The number of benzene rings is 1. The van der Waals surface area contributed by atoms with Crippen molar-refractivity contribution in [1.29, 1.82) is 0 Å². The molecule has 0 amide bonds. The van der Waals surface area contributed by atoms with E-state index in [-0.39, 0.29) is 12.3 Å². The van der Waals surface area contributed by atoms with E-state index in [9.17, 15) is 4.79 Å². The fourth-order valence-corrected chi connectivity index (χ4v) is 3.30. The van der Waals surface area contributed by atoms with Crippen molar-refractivity contribution in [3.8, 4) is 11.4 Å². The number of imidazole rings is 1. The molecule has 0 saturated heterocycles. The Morgan fingerprint density at radius 2 is 1.97 bits per heavy atom. The number of halogens is 1. The normalized spacial score (nSPS) is 11.7. The maximum Gasteiger partial charge on any atom is 0.357 e. The molecule has 32 heavy (non-hydrogen) atoms. The molecule has 0 aliphatic rings. The zero-order valence-corrected chi connectivity index (χ0v) is 17.3. The number of ether oxygens (including phenoxy) is 1. The molecule has 0 N–H and O–H groups in total. The summed E-state index contributed by atoms with van der Waals surface area (Å²) < 4.78 is 14.0. The second-order valence-corrected chi connectivity index (χ2v) is 7.18. The highest BCUT2D eigenvalue weighted by Crippen LogP contribution is 2.22. The van der Waals surface area contributed by atoms with Crippen LogP contribution < -0.4 is 0 Å². The summed E-state index contributed by atoms with van der Waals surface area (Å²) in [5, 5.41) is 12.4. The molecule has 1 aromatic carbocycles. The molecule has 0 aliphatic heterocycles. The number of tetrazole rings is 1. The van der Waals surface area contributed by atoms with E-state index in [0.717, 1.165) is 5.56 Å². The average Bonchev–Trinajstić information content (AvgIpc) is 3.56. The van der Waals surface area contributed by atoms with Gasteiger partial charge in [0.15, 0.2) is 11.5 Å². The maximum absolute atomic E-state index is 13.1. The average molecular weight is 447 g/mol. The second-order valence-electron chi connectivity index (χ2n) is 6.75. The van der Waals surface area contributed by atoms with Crippen molar-refractivity contribution in [2.24, 2.45) is 0 Å². The molecule has 0 radical (unpaired) electrons. The Kier molecular flexibility index (Phi) is 5.22. The highest BCUT2D eigenvalue weighted by atomic mass is 35.5. The van der Waals surface area contributed by atoms with Crippen LogP contribution in [0.3, 0.4) is 0 Å². The summed E-state index contributed by atoms with van der Waals surface area (Å²) in [6, 6.07) is 16.2. The van der Waals surface area contributed by atoms with Gasteiger partial charge in [-0.3, -0.25) is 0 Å². The van der Waals surface area contributed by atoms with Crippen LogP contribution in [0.1, 0.15) is 11.5 Å². The van der Waals surface area contributed by atoms with Crippen molar-refractivity contribution in [1.82, 2.24) is 29.6 Å². The highest BCUT2D eigenvalue weighted by Gasteiger charge is 2.21. The summed E-state index contributed by atoms with van der Waals surface area (Å²) in [4.78, 5) is 17.5. The maximum atomic E-state index is 13.1. The first-order valence-electron chi connectivity index (χ1n) is 9.57. The van der Waals surface area contributed by atoms with Gasteiger partial charge >= 0.3 is 5.97 Å². The summed E-state index contributed by atoms with van der Waals surface area (Å²) >= 11 is 6.02. The third-order valence-corrected chi connectivity index (χ3v) is 4.80. The molecule has 10 heteroatoms. The van der Waals surface area contributed by atoms with Gasteiger partial charge in [-0.05, 0) is 34.7 Å². The van der Waals surface area contributed by atoms with Crippen molar-refractivity contribution in [2.75, 3.05) is 0 Å². The minimum Gasteiger partial charge on any atom is -0.465 e. The number of pyridine rings is 1. The van der Waals surface area contributed by atoms with Gasteiger partial charge in [0, 0.05) is 24.0 Å². The van der Waals surface area contributed by atoms with E-state index in [1.165, 1.54) is 17.0 Å². The van der Waals surface area contributed by atoms with Crippen LogP contribution in [0, 0.1) is 0 Å². The fraction of sp³-hybridized carbons (Fsp3) is 0.0455. The van der Waals surface area contributed by atoms with Crippen LogP contribution in [0.2, 0.25) is 5.02 Å². The van der Waals surface area contributed by atoms with Gasteiger partial charge in [0.2, 0.25) is 0 Å². The van der Waals surface area contributed by atoms with Crippen LogP contribution in [0.15, 0.2) is 77.7 Å². The van der Waals surface area contributed by atoms with E-state index in [0.29, 0.717) is 27.9 Å². The van der Waals surface area contributed by atoms with Gasteiger partial charge < -0.3 is 13.6 Å². The van der Waals surface area contributed by atoms with Gasteiger partial charge in [-0.2, -0.15) is 4.68 Å². The van der Waals surface area contributed by atoms with Crippen LogP contribution in [0.4, 0.5) is 0 Å². The number of carbonyl (C=O) groups is 1. The molecule has 158 valence electrons. The Balaban J connectivity index is 1.45. The molecule has 4 aromatic heterocycles. The minimum absolute atomic E-state index is 0.0452. The number of hydrogen-bond donors (Lipinski definition) is 0. The molecule has 5 aromatic rings. The number of carbonyl (C=O) groups excluding carboxylic acids is 1. The first-order chi connectivity index (χ1) is 15.7. The quantitative estimate of drug-likeness (QED) is 0.287. The summed E-state index contributed by atoms with van der Waals surface area (Å²) in [5.41, 5.74) is 2.10. The molecule has 0 bridgehead atoms. The van der Waals surface area contributed by atoms with Crippen LogP contribution >= 0.6 is 11.6 Å². The van der Waals surface area contributed by atoms with E-state index in [1.54, 1.807) is 41.1 Å². The van der Waals surface area contributed by atoms with Gasteiger partial charge in [0.1, 0.15) is 18.0 Å². The Morgan fingerprint density at radius 3 is 2.78 bits per heavy atom. The van der Waals surface area contributed by atoms with Crippen LogP contribution in [0.5, 0.6) is 0 Å². The standard InChI is InChI=1S/C22H15ClN6O3/c23-16-8-9-20-24-17(13-28(20)12-16)14-32-22(30)19(11-18-7-4-10-31-18)29-21(25-26-27-29)15-5-2-1-3-6-15/h1-13H,14H2/b19-11-. The van der Waals surface area contributed by atoms with Crippen molar-refractivity contribution in [3.05, 3.63) is 89.7 Å². The molecule has 0 fully saturated rings. The van der Waals surface area contributed by atoms with Gasteiger partial charge in [-0.15, -0.1) is 5.10 Å². The fourth-order valence-electron chi connectivity index (χ4n) is 3.13. The minimum atomic E-state index is -0.638. The molecule has 4 heterocycles. The van der Waals surface area contributed by atoms with Gasteiger partial charge in [-0.1, -0.05) is 41.9 Å². The van der Waals surface area contributed by atoms with Crippen molar-refractivity contribution in [2.45, 2.75) is 6.61 Å². The molecule has 0 atom stereocenters. The summed E-state index contributed by atoms with van der Waals surface area (Å²) in [7, 11) is 0. The van der Waals surface area contributed by atoms with E-state index < -0.39 is 5.97 Å². The monoisotopic (exact) mass is 446 g/mol. The van der Waals surface area contributed by atoms with Crippen LogP contribution in [0.25, 0.3) is 28.8 Å². The number of fused-ring (bicyclic) bond motifs is 1. The number of furan rings is 1. The van der Waals surface area contributed by atoms with Gasteiger partial charge in [-0.25, -0.2) is 9.78 Å². The third-order valence-electron chi connectivity index (χ3n) is 4.58. The number of hydrogen-bond acceptors (Lipinski definition) is 7. The lowest BCUT2D eigenvalue weighted by Crippen LogP contribution is -2.15. The Labute approximate surface area is 186 Å². The number of nitrogens with zero attached hydrogens (tertiary/aromatic N) is 6. The number of rotatable bonds is 6. The van der Waals surface area contributed by atoms with E-state index in [1.807, 2.05) is 30.3 Å². The van der Waals surface area contributed by atoms with E-state index >= 15 is 0 Å². The largest absolute Gasteiger partial charge is 0.465 e. The molecule has 5 rings (SSSR count). The van der Waals surface area contributed by atoms with Crippen LogP contribution in [-0.2, 0) is 16.1 Å². The number of aromatic nitrogens is 6. The lowest BCUT2D eigenvalue weighted by atomic mass is 10.2. The molecular weight excluding hydrogens is 432 g/mol. The predicted molar refractivity (Wildman–Crippen MR) is 116 cm³/mol. The van der Waals surface area contributed by atoms with Crippen molar-refractivity contribution < 1.29 is 13.9 Å². The van der Waals surface area contributed by atoms with E-state index in [4.69, 9.17) is 20.8 Å². The van der Waals surface area contributed by atoms with Crippen LogP contribution in [-0.4, -0.2) is 35.6 Å². The van der Waals surface area contributed by atoms with Gasteiger partial charge in [0.05, 0.1) is 17.0 Å². The topological polar surface area (TPSA) is 100 Å². The SMILES string of the molecule is O=C(OCc1cn2cc(Cl)ccc2n1)/C(=C/c1ccco1)n1nnnc1-c1ccccc1. The summed E-state index contributed by atoms with van der Waals surface area (Å²) in [6.45, 7) is -0.0452. The third kappa shape index (κ3) is 4.01. The molecule has 0 unspecified atom stereocenters. The Bertz CT molecular complexity index is 1410. The summed E-state index contributed by atoms with van der Waals surface area (Å²) in [5.74, 6) is 0.206. The first kappa shape index (κ1) is 19.7. The molecule has 0 saturated carbocycles. The molecular formula is C22H15ClN6O3. The Hall–Kier alpha value is -4.24. The van der Waals surface area contributed by atoms with Gasteiger partial charge in [0.25, 0.3) is 0 Å². The summed E-state index contributed by atoms with van der Waals surface area (Å²) in [6.07, 6.45) is 6.50. The zero-order valence-electron chi connectivity index (χ0n) is 16.5. The Morgan fingerprint density at radius 1 is 1.09 bits per heavy atom.